The van der Waals surface area contributed by atoms with E-state index in [1.807, 2.05) is 12.1 Å². The van der Waals surface area contributed by atoms with Gasteiger partial charge < -0.3 is 5.11 Å². The van der Waals surface area contributed by atoms with Crippen LogP contribution in [0.3, 0.4) is 0 Å². The zero-order valence-corrected chi connectivity index (χ0v) is 12.0. The maximum Gasteiger partial charge on any atom is 0.307 e. The number of benzene rings is 2. The number of nitrogens with zero attached hydrogens (tertiary/aromatic N) is 1. The molecule has 2 aromatic rings. The van der Waals surface area contributed by atoms with Gasteiger partial charge >= 0.3 is 5.97 Å². The quantitative estimate of drug-likeness (QED) is 0.875. The number of hydrogen-bond donors (Lipinski definition) is 1. The molecule has 0 amide bonds. The minimum absolute atomic E-state index is 0.338. The van der Waals surface area contributed by atoms with Crippen molar-refractivity contribution in [2.45, 2.75) is 20.4 Å². The van der Waals surface area contributed by atoms with Gasteiger partial charge in [0.1, 0.15) is 0 Å². The van der Waals surface area contributed by atoms with Gasteiger partial charge in [-0.2, -0.15) is 0 Å². The molecule has 0 aliphatic heterocycles. The molecule has 1 atom stereocenters. The number of carbonyl (C=O) groups is 1. The van der Waals surface area contributed by atoms with Crippen molar-refractivity contribution in [3.63, 3.8) is 0 Å². The lowest BCUT2D eigenvalue weighted by atomic mass is 10.1. The van der Waals surface area contributed by atoms with Gasteiger partial charge in [-0.1, -0.05) is 50.2 Å². The first-order chi connectivity index (χ1) is 9.60. The molecule has 2 rings (SSSR count). The Bertz CT molecular complexity index is 594. The fourth-order valence-electron chi connectivity index (χ4n) is 2.37. The summed E-state index contributed by atoms with van der Waals surface area (Å²) in [6.45, 7) is 6.04. The van der Waals surface area contributed by atoms with Crippen molar-refractivity contribution in [1.82, 2.24) is 4.90 Å². The monoisotopic (exact) mass is 271 g/mol. The Morgan fingerprint density at radius 2 is 1.90 bits per heavy atom. The highest BCUT2D eigenvalue weighted by Gasteiger charge is 2.15. The minimum atomic E-state index is -0.734. The summed E-state index contributed by atoms with van der Waals surface area (Å²) >= 11 is 0. The van der Waals surface area contributed by atoms with Crippen molar-refractivity contribution in [2.75, 3.05) is 13.1 Å². The summed E-state index contributed by atoms with van der Waals surface area (Å²) in [5.74, 6) is -1.07. The summed E-state index contributed by atoms with van der Waals surface area (Å²) in [7, 11) is 0. The third kappa shape index (κ3) is 3.58. The Kier molecular flexibility index (Phi) is 4.74. The molecule has 3 nitrogen and oxygen atoms in total. The van der Waals surface area contributed by atoms with E-state index in [0.717, 1.165) is 13.1 Å². The summed E-state index contributed by atoms with van der Waals surface area (Å²) in [4.78, 5) is 13.1. The standard InChI is InChI=1S/C17H21NO2/c1-3-18(11-13(2)17(19)20)12-14-8-9-15-6-4-5-7-16(15)10-14/h4-10,13H,3,11-12H2,1-2H3,(H,19,20). The van der Waals surface area contributed by atoms with Crippen molar-refractivity contribution in [3.8, 4) is 0 Å². The van der Waals surface area contributed by atoms with Crippen molar-refractivity contribution in [2.24, 2.45) is 5.92 Å². The number of carboxylic acids is 1. The fraction of sp³-hybridized carbons (Fsp3) is 0.353. The summed E-state index contributed by atoms with van der Waals surface area (Å²) in [5.41, 5.74) is 1.23. The van der Waals surface area contributed by atoms with Gasteiger partial charge in [-0.25, -0.2) is 0 Å². The molecule has 0 aliphatic carbocycles. The molecule has 0 aliphatic rings. The second-order valence-electron chi connectivity index (χ2n) is 5.25. The predicted octanol–water partition coefficient (Wildman–Crippen LogP) is 3.38. The molecule has 0 fully saturated rings. The Hall–Kier alpha value is -1.87. The van der Waals surface area contributed by atoms with Crippen LogP contribution >= 0.6 is 0 Å². The zero-order valence-electron chi connectivity index (χ0n) is 12.0. The average molecular weight is 271 g/mol. The van der Waals surface area contributed by atoms with Crippen LogP contribution in [0.25, 0.3) is 10.8 Å². The van der Waals surface area contributed by atoms with E-state index < -0.39 is 5.97 Å². The first kappa shape index (κ1) is 14.5. The SMILES string of the molecule is CCN(Cc1ccc2ccccc2c1)CC(C)C(=O)O. The van der Waals surface area contributed by atoms with E-state index in [1.54, 1.807) is 6.92 Å². The van der Waals surface area contributed by atoms with Crippen LogP contribution in [0.2, 0.25) is 0 Å². The second kappa shape index (κ2) is 6.53. The van der Waals surface area contributed by atoms with Crippen LogP contribution in [-0.2, 0) is 11.3 Å². The highest BCUT2D eigenvalue weighted by Crippen LogP contribution is 2.17. The van der Waals surface area contributed by atoms with Gasteiger partial charge in [0.2, 0.25) is 0 Å². The molecule has 1 N–H and O–H groups in total. The van der Waals surface area contributed by atoms with Gasteiger partial charge in [0.15, 0.2) is 0 Å². The average Bonchev–Trinajstić information content (AvgIpc) is 2.46. The third-order valence-corrected chi connectivity index (χ3v) is 3.62. The van der Waals surface area contributed by atoms with Gasteiger partial charge in [0.05, 0.1) is 5.92 Å². The van der Waals surface area contributed by atoms with Crippen LogP contribution in [0.1, 0.15) is 19.4 Å². The number of rotatable bonds is 6. The highest BCUT2D eigenvalue weighted by atomic mass is 16.4. The third-order valence-electron chi connectivity index (χ3n) is 3.62. The maximum absolute atomic E-state index is 11.0. The largest absolute Gasteiger partial charge is 0.481 e. The van der Waals surface area contributed by atoms with Crippen LogP contribution in [0.15, 0.2) is 42.5 Å². The molecule has 0 radical (unpaired) electrons. The van der Waals surface area contributed by atoms with Gasteiger partial charge in [0.25, 0.3) is 0 Å². The molecule has 3 heteroatoms. The van der Waals surface area contributed by atoms with E-state index in [0.29, 0.717) is 6.54 Å². The lowest BCUT2D eigenvalue weighted by molar-refractivity contribution is -0.141. The topological polar surface area (TPSA) is 40.5 Å². The Balaban J connectivity index is 2.11. The van der Waals surface area contributed by atoms with Crippen LogP contribution in [0.5, 0.6) is 0 Å². The van der Waals surface area contributed by atoms with Gasteiger partial charge in [-0.3, -0.25) is 9.69 Å². The van der Waals surface area contributed by atoms with Crippen molar-refractivity contribution in [3.05, 3.63) is 48.0 Å². The molecule has 0 aromatic heterocycles. The molecule has 20 heavy (non-hydrogen) atoms. The minimum Gasteiger partial charge on any atom is -0.481 e. The van der Waals surface area contributed by atoms with E-state index in [1.165, 1.54) is 16.3 Å². The summed E-state index contributed by atoms with van der Waals surface area (Å²) in [6, 6.07) is 14.7. The van der Waals surface area contributed by atoms with Crippen molar-refractivity contribution >= 4 is 16.7 Å². The molecule has 0 bridgehead atoms. The number of hydrogen-bond acceptors (Lipinski definition) is 2. The van der Waals surface area contributed by atoms with Crippen LogP contribution in [0, 0.1) is 5.92 Å². The van der Waals surface area contributed by atoms with E-state index in [2.05, 4.69) is 42.2 Å². The van der Waals surface area contributed by atoms with Gasteiger partial charge in [0, 0.05) is 13.1 Å². The van der Waals surface area contributed by atoms with Crippen LogP contribution < -0.4 is 0 Å². The molecule has 106 valence electrons. The van der Waals surface area contributed by atoms with Crippen LogP contribution in [0.4, 0.5) is 0 Å². The molecule has 1 unspecified atom stereocenters. The molecule has 0 saturated heterocycles. The first-order valence-electron chi connectivity index (χ1n) is 7.03. The number of aliphatic carboxylic acids is 1. The first-order valence-corrected chi connectivity index (χ1v) is 7.03. The summed E-state index contributed by atoms with van der Waals surface area (Å²) in [6.07, 6.45) is 0. The van der Waals surface area contributed by atoms with Crippen LogP contribution in [-0.4, -0.2) is 29.1 Å². The lowest BCUT2D eigenvalue weighted by Crippen LogP contribution is -2.31. The number of carboxylic acid groups (broad SMARTS) is 1. The lowest BCUT2D eigenvalue weighted by Gasteiger charge is -2.22. The Morgan fingerprint density at radius 3 is 2.55 bits per heavy atom. The van der Waals surface area contributed by atoms with Crippen molar-refractivity contribution < 1.29 is 9.90 Å². The zero-order chi connectivity index (χ0) is 14.5. The summed E-state index contributed by atoms with van der Waals surface area (Å²) in [5, 5.41) is 11.5. The summed E-state index contributed by atoms with van der Waals surface area (Å²) < 4.78 is 0. The smallest absolute Gasteiger partial charge is 0.307 e. The molecular formula is C17H21NO2. The molecule has 2 aromatic carbocycles. The normalized spacial score (nSPS) is 12.8. The van der Waals surface area contributed by atoms with Gasteiger partial charge in [-0.05, 0) is 28.9 Å². The molecule has 0 heterocycles. The van der Waals surface area contributed by atoms with E-state index in [4.69, 9.17) is 5.11 Å². The van der Waals surface area contributed by atoms with Crippen molar-refractivity contribution in [1.29, 1.82) is 0 Å². The molecule has 0 saturated carbocycles. The van der Waals surface area contributed by atoms with E-state index in [-0.39, 0.29) is 5.92 Å². The second-order valence-corrected chi connectivity index (χ2v) is 5.25. The Labute approximate surface area is 119 Å². The Morgan fingerprint density at radius 1 is 1.20 bits per heavy atom. The van der Waals surface area contributed by atoms with E-state index in [9.17, 15) is 4.79 Å². The van der Waals surface area contributed by atoms with E-state index >= 15 is 0 Å². The number of fused-ring (bicyclic) bond motifs is 1. The fourth-order valence-corrected chi connectivity index (χ4v) is 2.37. The molecule has 0 spiro atoms. The maximum atomic E-state index is 11.0. The highest BCUT2D eigenvalue weighted by molar-refractivity contribution is 5.82. The molecular weight excluding hydrogens is 250 g/mol. The predicted molar refractivity (Wildman–Crippen MR) is 81.7 cm³/mol. The van der Waals surface area contributed by atoms with Gasteiger partial charge in [-0.15, -0.1) is 0 Å².